The molecule has 0 radical (unpaired) electrons. The first kappa shape index (κ1) is 16.1. The van der Waals surface area contributed by atoms with E-state index < -0.39 is 0 Å². The van der Waals surface area contributed by atoms with E-state index in [1.54, 1.807) is 24.3 Å². The largest absolute Gasteiger partial charge is 0.298 e. The molecule has 2 rings (SSSR count). The summed E-state index contributed by atoms with van der Waals surface area (Å²) in [4.78, 5) is 12.1. The van der Waals surface area contributed by atoms with E-state index in [2.05, 4.69) is 17.8 Å². The van der Waals surface area contributed by atoms with Crippen molar-refractivity contribution >= 4 is 23.2 Å². The minimum atomic E-state index is -0.225. The fraction of sp³-hybridized carbons (Fsp3) is 0.167. The second-order valence-corrected chi connectivity index (χ2v) is 5.42. The number of benzene rings is 2. The van der Waals surface area contributed by atoms with Crippen LogP contribution in [0.4, 0.5) is 0 Å². The number of carbonyl (C=O) groups is 1. The number of rotatable bonds is 5. The number of aryl methyl sites for hydroxylation is 1. The molecule has 4 heteroatoms. The van der Waals surface area contributed by atoms with Crippen LogP contribution in [0.3, 0.4) is 0 Å². The molecular weight excluding hydrogens is 296 g/mol. The van der Waals surface area contributed by atoms with Crippen LogP contribution >= 0.6 is 11.6 Å². The zero-order valence-corrected chi connectivity index (χ0v) is 13.4. The summed E-state index contributed by atoms with van der Waals surface area (Å²) in [5.74, 6) is -0.225. The first-order chi connectivity index (χ1) is 10.6. The third-order valence-electron chi connectivity index (χ3n) is 3.17. The number of hydrogen-bond acceptors (Lipinski definition) is 2. The van der Waals surface area contributed by atoms with Crippen molar-refractivity contribution in [2.75, 3.05) is 0 Å². The second kappa shape index (κ2) is 7.66. The predicted molar refractivity (Wildman–Crippen MR) is 91.5 cm³/mol. The Morgan fingerprint density at radius 3 is 2.45 bits per heavy atom. The van der Waals surface area contributed by atoms with Crippen molar-refractivity contribution in [2.45, 2.75) is 20.3 Å². The van der Waals surface area contributed by atoms with Crippen LogP contribution in [0.25, 0.3) is 5.70 Å². The molecule has 3 nitrogen and oxygen atoms in total. The van der Waals surface area contributed by atoms with Crippen molar-refractivity contribution < 1.29 is 4.79 Å². The maximum Gasteiger partial charge on any atom is 0.269 e. The number of carbonyl (C=O) groups excluding carboxylic acids is 1. The number of halogens is 1. The summed E-state index contributed by atoms with van der Waals surface area (Å²) in [6, 6.07) is 15.0. The lowest BCUT2D eigenvalue weighted by Gasteiger charge is -2.13. The minimum absolute atomic E-state index is 0.225. The van der Waals surface area contributed by atoms with Crippen LogP contribution in [0.15, 0.2) is 54.6 Å². The molecule has 0 aliphatic carbocycles. The van der Waals surface area contributed by atoms with Gasteiger partial charge in [-0.25, -0.2) is 0 Å². The van der Waals surface area contributed by atoms with Crippen LogP contribution < -0.4 is 10.9 Å². The van der Waals surface area contributed by atoms with E-state index >= 15 is 0 Å². The summed E-state index contributed by atoms with van der Waals surface area (Å²) in [5.41, 5.74) is 9.31. The smallest absolute Gasteiger partial charge is 0.269 e. The van der Waals surface area contributed by atoms with Gasteiger partial charge in [-0.1, -0.05) is 60.5 Å². The van der Waals surface area contributed by atoms with Gasteiger partial charge in [0.1, 0.15) is 0 Å². The van der Waals surface area contributed by atoms with E-state index in [0.29, 0.717) is 10.6 Å². The monoisotopic (exact) mass is 314 g/mol. The molecule has 22 heavy (non-hydrogen) atoms. The summed E-state index contributed by atoms with van der Waals surface area (Å²) in [5, 5.41) is 0.538. The SMILES string of the molecule is CCC=C(NNC(=O)c1cccc(Cl)c1)c1ccc(C)cc1. The highest BCUT2D eigenvalue weighted by atomic mass is 35.5. The predicted octanol–water partition coefficient (Wildman–Crippen LogP) is 4.33. The van der Waals surface area contributed by atoms with Crippen LogP contribution in [-0.2, 0) is 0 Å². The Morgan fingerprint density at radius 1 is 1.09 bits per heavy atom. The Bertz CT molecular complexity index is 678. The van der Waals surface area contributed by atoms with Gasteiger partial charge in [0.15, 0.2) is 0 Å². The Hall–Kier alpha value is -2.26. The molecule has 2 aromatic carbocycles. The van der Waals surface area contributed by atoms with Gasteiger partial charge >= 0.3 is 0 Å². The summed E-state index contributed by atoms with van der Waals surface area (Å²) in [6.07, 6.45) is 2.90. The molecule has 2 aromatic rings. The lowest BCUT2D eigenvalue weighted by atomic mass is 10.1. The molecule has 0 heterocycles. The summed E-state index contributed by atoms with van der Waals surface area (Å²) in [7, 11) is 0. The van der Waals surface area contributed by atoms with Gasteiger partial charge in [0, 0.05) is 10.6 Å². The fourth-order valence-electron chi connectivity index (χ4n) is 2.00. The molecule has 0 unspecified atom stereocenters. The quantitative estimate of drug-likeness (QED) is 0.806. The molecule has 0 saturated heterocycles. The number of allylic oxidation sites excluding steroid dienone is 1. The Balaban J connectivity index is 2.08. The first-order valence-corrected chi connectivity index (χ1v) is 7.57. The van der Waals surface area contributed by atoms with Crippen molar-refractivity contribution in [3.8, 4) is 0 Å². The average Bonchev–Trinajstić information content (AvgIpc) is 2.52. The van der Waals surface area contributed by atoms with E-state index in [9.17, 15) is 4.79 Å². The van der Waals surface area contributed by atoms with Crippen molar-refractivity contribution in [1.29, 1.82) is 0 Å². The minimum Gasteiger partial charge on any atom is -0.298 e. The molecule has 2 N–H and O–H groups in total. The topological polar surface area (TPSA) is 41.1 Å². The standard InChI is InChI=1S/C18H19ClN2O/c1-3-5-17(14-10-8-13(2)9-11-14)20-21-18(22)15-6-4-7-16(19)12-15/h4-12,20H,3H2,1-2H3,(H,21,22). The molecular formula is C18H19ClN2O. The van der Waals surface area contributed by atoms with Crippen molar-refractivity contribution in [1.82, 2.24) is 10.9 Å². The van der Waals surface area contributed by atoms with Gasteiger partial charge in [-0.05, 0) is 37.1 Å². The van der Waals surface area contributed by atoms with Gasteiger partial charge < -0.3 is 0 Å². The zero-order chi connectivity index (χ0) is 15.9. The van der Waals surface area contributed by atoms with Gasteiger partial charge in [-0.15, -0.1) is 0 Å². The van der Waals surface area contributed by atoms with E-state index in [4.69, 9.17) is 11.6 Å². The van der Waals surface area contributed by atoms with Crippen LogP contribution in [0.2, 0.25) is 5.02 Å². The summed E-state index contributed by atoms with van der Waals surface area (Å²) < 4.78 is 0. The van der Waals surface area contributed by atoms with Crippen LogP contribution in [0, 0.1) is 6.92 Å². The molecule has 0 atom stereocenters. The van der Waals surface area contributed by atoms with Crippen LogP contribution in [0.5, 0.6) is 0 Å². The molecule has 114 valence electrons. The average molecular weight is 315 g/mol. The Morgan fingerprint density at radius 2 is 1.82 bits per heavy atom. The maximum atomic E-state index is 12.1. The maximum absolute atomic E-state index is 12.1. The number of nitrogens with one attached hydrogen (secondary N) is 2. The number of hydrazine groups is 1. The highest BCUT2D eigenvalue weighted by Gasteiger charge is 2.07. The van der Waals surface area contributed by atoms with Crippen molar-refractivity contribution in [3.05, 3.63) is 76.3 Å². The molecule has 0 aliphatic rings. The molecule has 0 saturated carbocycles. The van der Waals surface area contributed by atoms with Gasteiger partial charge in [0.2, 0.25) is 0 Å². The van der Waals surface area contributed by atoms with Gasteiger partial charge in [-0.3, -0.25) is 15.6 Å². The second-order valence-electron chi connectivity index (χ2n) is 4.98. The van der Waals surface area contributed by atoms with E-state index in [0.717, 1.165) is 17.7 Å². The number of amides is 1. The zero-order valence-electron chi connectivity index (χ0n) is 12.7. The number of hydrogen-bond donors (Lipinski definition) is 2. The van der Waals surface area contributed by atoms with Gasteiger partial charge in [0.05, 0.1) is 5.70 Å². The van der Waals surface area contributed by atoms with Gasteiger partial charge in [0.25, 0.3) is 5.91 Å². The molecule has 1 amide bonds. The highest BCUT2D eigenvalue weighted by molar-refractivity contribution is 6.30. The van der Waals surface area contributed by atoms with Crippen LogP contribution in [-0.4, -0.2) is 5.91 Å². The van der Waals surface area contributed by atoms with E-state index in [1.807, 2.05) is 37.3 Å². The molecule has 0 spiro atoms. The summed E-state index contributed by atoms with van der Waals surface area (Å²) >= 11 is 5.90. The Kier molecular flexibility index (Phi) is 5.61. The van der Waals surface area contributed by atoms with Gasteiger partial charge in [-0.2, -0.15) is 0 Å². The van der Waals surface area contributed by atoms with E-state index in [-0.39, 0.29) is 5.91 Å². The lowest BCUT2D eigenvalue weighted by Crippen LogP contribution is -2.36. The third-order valence-corrected chi connectivity index (χ3v) is 3.40. The molecule has 0 aromatic heterocycles. The summed E-state index contributed by atoms with van der Waals surface area (Å²) in [6.45, 7) is 4.09. The third kappa shape index (κ3) is 4.37. The first-order valence-electron chi connectivity index (χ1n) is 7.19. The van der Waals surface area contributed by atoms with Crippen LogP contribution in [0.1, 0.15) is 34.8 Å². The van der Waals surface area contributed by atoms with E-state index in [1.165, 1.54) is 5.56 Å². The normalized spacial score (nSPS) is 11.1. The molecule has 0 bridgehead atoms. The molecule has 0 aliphatic heterocycles. The van der Waals surface area contributed by atoms with Crippen molar-refractivity contribution in [2.24, 2.45) is 0 Å². The fourth-order valence-corrected chi connectivity index (χ4v) is 2.19. The highest BCUT2D eigenvalue weighted by Crippen LogP contribution is 2.13. The van der Waals surface area contributed by atoms with Crippen molar-refractivity contribution in [3.63, 3.8) is 0 Å². The lowest BCUT2D eigenvalue weighted by molar-refractivity contribution is 0.0942. The molecule has 0 fully saturated rings. The Labute approximate surface area is 136 Å².